The zero-order valence-corrected chi connectivity index (χ0v) is 14.3. The Morgan fingerprint density at radius 1 is 1.52 bits per heavy atom. The number of rotatable bonds is 5. The highest BCUT2D eigenvalue weighted by Gasteiger charge is 2.32. The number of esters is 1. The van der Waals surface area contributed by atoms with E-state index < -0.39 is 6.04 Å². The van der Waals surface area contributed by atoms with E-state index in [0.717, 1.165) is 15.6 Å². The Balaban J connectivity index is 1.72. The number of methoxy groups -OCH3 is 1. The summed E-state index contributed by atoms with van der Waals surface area (Å²) in [7, 11) is 1.33. The molecular weight excluding hydrogens is 334 g/mol. The van der Waals surface area contributed by atoms with Crippen molar-refractivity contribution in [3.8, 4) is 9.88 Å². The molecule has 8 heteroatoms. The van der Waals surface area contributed by atoms with E-state index >= 15 is 0 Å². The minimum Gasteiger partial charge on any atom is -0.469 e. The largest absolute Gasteiger partial charge is 0.469 e. The molecule has 1 unspecified atom stereocenters. The summed E-state index contributed by atoms with van der Waals surface area (Å²) < 4.78 is 4.70. The molecule has 2 aromatic heterocycles. The first-order valence-electron chi connectivity index (χ1n) is 7.24. The number of thiazole rings is 1. The number of hydrogen-bond acceptors (Lipinski definition) is 7. The predicted molar refractivity (Wildman–Crippen MR) is 89.3 cm³/mol. The summed E-state index contributed by atoms with van der Waals surface area (Å²) in [6.45, 7) is 1.83. The Morgan fingerprint density at radius 3 is 3.13 bits per heavy atom. The van der Waals surface area contributed by atoms with Crippen molar-refractivity contribution >= 4 is 34.6 Å². The van der Waals surface area contributed by atoms with Gasteiger partial charge in [0.05, 0.1) is 24.1 Å². The van der Waals surface area contributed by atoms with Crippen LogP contribution in [0, 0.1) is 0 Å². The molecule has 1 atom stereocenters. The van der Waals surface area contributed by atoms with Crippen LogP contribution in [-0.2, 0) is 20.9 Å². The van der Waals surface area contributed by atoms with Crippen molar-refractivity contribution in [1.82, 2.24) is 15.2 Å². The normalized spacial score (nSPS) is 18.7. The molecule has 1 fully saturated rings. The summed E-state index contributed by atoms with van der Waals surface area (Å²) in [4.78, 5) is 31.4. The van der Waals surface area contributed by atoms with Gasteiger partial charge in [-0.2, -0.15) is 0 Å². The van der Waals surface area contributed by atoms with Crippen molar-refractivity contribution in [3.05, 3.63) is 28.6 Å². The van der Waals surface area contributed by atoms with Crippen LogP contribution in [0.4, 0.5) is 0 Å². The van der Waals surface area contributed by atoms with Gasteiger partial charge in [0.25, 0.3) is 0 Å². The number of nitrogens with zero attached hydrogens (tertiary/aromatic N) is 2. The molecule has 0 saturated carbocycles. The molecule has 1 N–H and O–H groups in total. The van der Waals surface area contributed by atoms with E-state index in [0.29, 0.717) is 19.6 Å². The highest BCUT2D eigenvalue weighted by Crippen LogP contribution is 2.28. The van der Waals surface area contributed by atoms with E-state index in [2.05, 4.69) is 10.3 Å². The third kappa shape index (κ3) is 3.77. The molecule has 0 bridgehead atoms. The van der Waals surface area contributed by atoms with Gasteiger partial charge in [0.15, 0.2) is 0 Å². The van der Waals surface area contributed by atoms with Crippen molar-refractivity contribution in [2.75, 3.05) is 20.2 Å². The number of amides is 1. The highest BCUT2D eigenvalue weighted by atomic mass is 32.1. The van der Waals surface area contributed by atoms with Crippen molar-refractivity contribution in [2.45, 2.75) is 19.0 Å². The van der Waals surface area contributed by atoms with Crippen molar-refractivity contribution in [2.24, 2.45) is 0 Å². The van der Waals surface area contributed by atoms with Crippen LogP contribution in [0.1, 0.15) is 12.1 Å². The summed E-state index contributed by atoms with van der Waals surface area (Å²) in [6.07, 6.45) is 0.0598. The van der Waals surface area contributed by atoms with Gasteiger partial charge in [-0.3, -0.25) is 14.5 Å². The molecule has 1 amide bonds. The maximum Gasteiger partial charge on any atom is 0.307 e. The topological polar surface area (TPSA) is 71.5 Å². The Kier molecular flexibility index (Phi) is 5.04. The number of piperazine rings is 1. The average molecular weight is 351 g/mol. The lowest BCUT2D eigenvalue weighted by Crippen LogP contribution is -2.55. The van der Waals surface area contributed by atoms with Gasteiger partial charge in [-0.1, -0.05) is 6.07 Å². The molecule has 3 heterocycles. The van der Waals surface area contributed by atoms with Crippen LogP contribution >= 0.6 is 22.7 Å². The van der Waals surface area contributed by atoms with Crippen molar-refractivity contribution in [1.29, 1.82) is 0 Å². The number of nitrogens with one attached hydrogen (secondary N) is 1. The number of carbonyl (C=O) groups is 2. The fourth-order valence-electron chi connectivity index (χ4n) is 2.52. The van der Waals surface area contributed by atoms with Crippen molar-refractivity contribution < 1.29 is 14.3 Å². The standard InChI is InChI=1S/C15H17N3O3S2/c1-21-13(19)7-11-14(20)16-4-5-18(11)8-10-9-23-15(17-10)12-3-2-6-22-12/h2-3,6,9,11H,4-5,7-8H2,1H3,(H,16,20). The Hall–Kier alpha value is -1.77. The Bertz CT molecular complexity index is 684. The fourth-order valence-corrected chi connectivity index (χ4v) is 4.14. The van der Waals surface area contributed by atoms with Gasteiger partial charge in [0.2, 0.25) is 5.91 Å². The third-order valence-electron chi connectivity index (χ3n) is 3.68. The molecule has 2 aromatic rings. The molecule has 122 valence electrons. The van der Waals surface area contributed by atoms with Crippen LogP contribution < -0.4 is 5.32 Å². The van der Waals surface area contributed by atoms with Gasteiger partial charge in [0, 0.05) is 25.0 Å². The first-order chi connectivity index (χ1) is 11.2. The van der Waals surface area contributed by atoms with Crippen LogP contribution in [0.3, 0.4) is 0 Å². The molecule has 6 nitrogen and oxygen atoms in total. The first-order valence-corrected chi connectivity index (χ1v) is 9.00. The van der Waals surface area contributed by atoms with Gasteiger partial charge in [-0.25, -0.2) is 4.98 Å². The second kappa shape index (κ2) is 7.20. The number of aromatic nitrogens is 1. The molecule has 0 radical (unpaired) electrons. The number of ether oxygens (including phenoxy) is 1. The molecule has 23 heavy (non-hydrogen) atoms. The molecule has 1 aliphatic rings. The lowest BCUT2D eigenvalue weighted by molar-refractivity contribution is -0.146. The SMILES string of the molecule is COC(=O)CC1C(=O)NCCN1Cc1csc(-c2cccs2)n1. The van der Waals surface area contributed by atoms with E-state index in [1.165, 1.54) is 7.11 Å². The molecule has 0 aromatic carbocycles. The van der Waals surface area contributed by atoms with Crippen LogP contribution in [-0.4, -0.2) is 48.0 Å². The quantitative estimate of drug-likeness (QED) is 0.831. The van der Waals surface area contributed by atoms with E-state index in [1.807, 2.05) is 27.8 Å². The fraction of sp³-hybridized carbons (Fsp3) is 0.400. The lowest BCUT2D eigenvalue weighted by Gasteiger charge is -2.33. The summed E-state index contributed by atoms with van der Waals surface area (Å²) in [5.41, 5.74) is 0.919. The molecule has 0 aliphatic carbocycles. The van der Waals surface area contributed by atoms with E-state index in [-0.39, 0.29) is 18.3 Å². The maximum absolute atomic E-state index is 12.1. The maximum atomic E-state index is 12.1. The van der Waals surface area contributed by atoms with E-state index in [1.54, 1.807) is 22.7 Å². The monoisotopic (exact) mass is 351 g/mol. The molecule has 1 aliphatic heterocycles. The molecule has 1 saturated heterocycles. The van der Waals surface area contributed by atoms with Crippen molar-refractivity contribution in [3.63, 3.8) is 0 Å². The molecule has 3 rings (SSSR count). The summed E-state index contributed by atoms with van der Waals surface area (Å²) in [5.74, 6) is -0.509. The number of hydrogen-bond donors (Lipinski definition) is 1. The number of thiophene rings is 1. The minimum atomic E-state index is -0.497. The van der Waals surface area contributed by atoms with Gasteiger partial charge in [-0.05, 0) is 11.4 Å². The van der Waals surface area contributed by atoms with E-state index in [9.17, 15) is 9.59 Å². The zero-order valence-electron chi connectivity index (χ0n) is 12.7. The number of carbonyl (C=O) groups excluding carboxylic acids is 2. The second-order valence-corrected chi connectivity index (χ2v) is 6.98. The van der Waals surface area contributed by atoms with Gasteiger partial charge in [0.1, 0.15) is 11.0 Å². The Labute approximate surface area is 142 Å². The summed E-state index contributed by atoms with van der Waals surface area (Å²) >= 11 is 3.25. The summed E-state index contributed by atoms with van der Waals surface area (Å²) in [5, 5.41) is 7.82. The smallest absolute Gasteiger partial charge is 0.307 e. The third-order valence-corrected chi connectivity index (χ3v) is 5.61. The Morgan fingerprint density at radius 2 is 2.39 bits per heavy atom. The zero-order chi connectivity index (χ0) is 16.2. The highest BCUT2D eigenvalue weighted by molar-refractivity contribution is 7.20. The van der Waals surface area contributed by atoms with Gasteiger partial charge >= 0.3 is 5.97 Å². The van der Waals surface area contributed by atoms with Crippen LogP contribution in [0.25, 0.3) is 9.88 Å². The summed E-state index contributed by atoms with van der Waals surface area (Å²) in [6, 6.07) is 3.55. The lowest BCUT2D eigenvalue weighted by atomic mass is 10.1. The second-order valence-electron chi connectivity index (χ2n) is 5.18. The van der Waals surface area contributed by atoms with Crippen LogP contribution in [0.15, 0.2) is 22.9 Å². The van der Waals surface area contributed by atoms with E-state index in [4.69, 9.17) is 4.74 Å². The van der Waals surface area contributed by atoms with Crippen LogP contribution in [0.5, 0.6) is 0 Å². The minimum absolute atomic E-state index is 0.0598. The average Bonchev–Trinajstić information content (AvgIpc) is 3.21. The van der Waals surface area contributed by atoms with Gasteiger partial charge < -0.3 is 10.1 Å². The molecular formula is C15H17N3O3S2. The van der Waals surface area contributed by atoms with Crippen LogP contribution in [0.2, 0.25) is 0 Å². The predicted octanol–water partition coefficient (Wildman–Crippen LogP) is 1.74. The van der Waals surface area contributed by atoms with Gasteiger partial charge in [-0.15, -0.1) is 22.7 Å². The molecule has 0 spiro atoms. The first kappa shape index (κ1) is 16.1.